The summed E-state index contributed by atoms with van der Waals surface area (Å²) in [6.07, 6.45) is 1.56. The van der Waals surface area contributed by atoms with Gasteiger partial charge in [0.2, 0.25) is 0 Å². The number of nitrogens with zero attached hydrogens (tertiary/aromatic N) is 2. The van der Waals surface area contributed by atoms with Crippen LogP contribution in [0.3, 0.4) is 0 Å². The number of nitrogens with two attached hydrogens (primary N) is 1. The molecule has 0 bridgehead atoms. The highest BCUT2D eigenvalue weighted by Gasteiger charge is 2.28. The summed E-state index contributed by atoms with van der Waals surface area (Å²) >= 11 is 3.36. The number of nitrogens with one attached hydrogen (secondary N) is 1. The van der Waals surface area contributed by atoms with Crippen LogP contribution in [0.1, 0.15) is 26.8 Å². The van der Waals surface area contributed by atoms with E-state index in [0.29, 0.717) is 9.99 Å². The van der Waals surface area contributed by atoms with Crippen LogP contribution in [0.5, 0.6) is 0 Å². The van der Waals surface area contributed by atoms with Crippen molar-refractivity contribution in [1.29, 1.82) is 0 Å². The van der Waals surface area contributed by atoms with E-state index in [4.69, 9.17) is 10.5 Å². The molecule has 0 radical (unpaired) electrons. The Balaban J connectivity index is 2.69. The van der Waals surface area contributed by atoms with Gasteiger partial charge in [-0.05, 0) is 28.8 Å². The number of esters is 1. The van der Waals surface area contributed by atoms with Crippen LogP contribution >= 0.6 is 15.9 Å². The molecular weight excluding hydrogens is 340 g/mol. The number of carbonyl (C=O) groups excluding carboxylic acids is 1. The van der Waals surface area contributed by atoms with Crippen LogP contribution in [0.25, 0.3) is 10.9 Å². The Labute approximate surface area is 129 Å². The van der Waals surface area contributed by atoms with E-state index in [2.05, 4.69) is 26.1 Å². The molecule has 2 aromatic rings. The van der Waals surface area contributed by atoms with Crippen LogP contribution in [0.4, 0.5) is 5.82 Å². The van der Waals surface area contributed by atoms with Gasteiger partial charge in [-0.25, -0.2) is 4.79 Å². The van der Waals surface area contributed by atoms with Crippen molar-refractivity contribution in [3.8, 4) is 0 Å². The van der Waals surface area contributed by atoms with Crippen LogP contribution in [0.2, 0.25) is 0 Å². The van der Waals surface area contributed by atoms with Gasteiger partial charge in [0.1, 0.15) is 11.4 Å². The minimum Gasteiger partial charge on any atom is -0.464 e. The van der Waals surface area contributed by atoms with Crippen molar-refractivity contribution in [2.45, 2.75) is 26.8 Å². The monoisotopic (exact) mass is 356 g/mol. The third-order valence-corrected chi connectivity index (χ3v) is 3.79. The second kappa shape index (κ2) is 5.88. The molecule has 114 valence electrons. The Morgan fingerprint density at radius 3 is 2.81 bits per heavy atom. The molecular formula is C13H17BrN4O3. The van der Waals surface area contributed by atoms with Gasteiger partial charge in [0, 0.05) is 6.20 Å². The van der Waals surface area contributed by atoms with Crippen LogP contribution < -0.4 is 11.3 Å². The molecule has 1 unspecified atom stereocenters. The summed E-state index contributed by atoms with van der Waals surface area (Å²) < 4.78 is 7.03. The first-order chi connectivity index (χ1) is 9.88. The van der Waals surface area contributed by atoms with Crippen molar-refractivity contribution < 1.29 is 9.53 Å². The number of fused-ring (bicyclic) bond motifs is 1. The van der Waals surface area contributed by atoms with Gasteiger partial charge in [-0.1, -0.05) is 13.8 Å². The Kier molecular flexibility index (Phi) is 4.36. The zero-order valence-corrected chi connectivity index (χ0v) is 13.6. The maximum absolute atomic E-state index is 12.6. The molecule has 2 rings (SSSR count). The number of rotatable bonds is 4. The third kappa shape index (κ3) is 2.67. The Morgan fingerprint density at radius 1 is 1.57 bits per heavy atom. The highest BCUT2D eigenvalue weighted by Crippen LogP contribution is 2.26. The average Bonchev–Trinajstić information content (AvgIpc) is 2.78. The number of aromatic nitrogens is 3. The van der Waals surface area contributed by atoms with Crippen molar-refractivity contribution in [2.75, 3.05) is 12.3 Å². The molecule has 1 atom stereocenters. The fourth-order valence-corrected chi connectivity index (χ4v) is 2.77. The fraction of sp³-hybridized carbons (Fsp3) is 0.462. The molecule has 0 aromatic carbocycles. The molecule has 7 nitrogen and oxygen atoms in total. The van der Waals surface area contributed by atoms with Crippen LogP contribution in [0.15, 0.2) is 15.5 Å². The van der Waals surface area contributed by atoms with Gasteiger partial charge in [-0.3, -0.25) is 14.5 Å². The first kappa shape index (κ1) is 15.6. The lowest BCUT2D eigenvalue weighted by molar-refractivity contribution is -0.148. The molecule has 21 heavy (non-hydrogen) atoms. The van der Waals surface area contributed by atoms with E-state index in [9.17, 15) is 9.59 Å². The Morgan fingerprint density at radius 2 is 2.24 bits per heavy atom. The van der Waals surface area contributed by atoms with Gasteiger partial charge in [0.25, 0.3) is 5.56 Å². The molecule has 0 aliphatic rings. The predicted molar refractivity (Wildman–Crippen MR) is 83.0 cm³/mol. The molecule has 2 heterocycles. The first-order valence-corrected chi connectivity index (χ1v) is 7.38. The lowest BCUT2D eigenvalue weighted by Gasteiger charge is -2.22. The van der Waals surface area contributed by atoms with Gasteiger partial charge in [0.15, 0.2) is 5.82 Å². The van der Waals surface area contributed by atoms with Crippen molar-refractivity contribution in [1.82, 2.24) is 14.8 Å². The zero-order chi connectivity index (χ0) is 15.7. The predicted octanol–water partition coefficient (Wildman–Crippen LogP) is 1.83. The molecule has 2 aromatic heterocycles. The minimum atomic E-state index is -0.715. The largest absolute Gasteiger partial charge is 0.464 e. The molecule has 8 heteroatoms. The number of hydrogen-bond donors (Lipinski definition) is 2. The maximum Gasteiger partial charge on any atom is 0.329 e. The van der Waals surface area contributed by atoms with Gasteiger partial charge >= 0.3 is 5.97 Å². The van der Waals surface area contributed by atoms with Crippen LogP contribution in [0, 0.1) is 5.92 Å². The summed E-state index contributed by atoms with van der Waals surface area (Å²) in [7, 11) is 0. The van der Waals surface area contributed by atoms with Gasteiger partial charge < -0.3 is 10.5 Å². The number of anilines is 1. The number of aromatic amines is 1. The standard InChI is InChI=1S/C13H17BrN4O3/c1-4-21-13(20)10(6(2)3)18-5-7(14)9-8(12(18)19)11(15)17-16-9/h5-6,10H,4H2,1-3H3,(H3,15,16,17). The van der Waals surface area contributed by atoms with E-state index in [1.807, 2.05) is 13.8 Å². The summed E-state index contributed by atoms with van der Waals surface area (Å²) in [4.78, 5) is 24.8. The number of carbonyl (C=O) groups is 1. The summed E-state index contributed by atoms with van der Waals surface area (Å²) in [5.41, 5.74) is 5.88. The van der Waals surface area contributed by atoms with E-state index in [1.165, 1.54) is 4.57 Å². The number of pyridine rings is 1. The van der Waals surface area contributed by atoms with E-state index < -0.39 is 12.0 Å². The number of hydrogen-bond acceptors (Lipinski definition) is 5. The van der Waals surface area contributed by atoms with Gasteiger partial charge in [0.05, 0.1) is 16.6 Å². The summed E-state index contributed by atoms with van der Waals surface area (Å²) in [6, 6.07) is -0.715. The molecule has 0 saturated carbocycles. The van der Waals surface area contributed by atoms with E-state index in [1.54, 1.807) is 13.1 Å². The smallest absolute Gasteiger partial charge is 0.329 e. The quantitative estimate of drug-likeness (QED) is 0.813. The summed E-state index contributed by atoms with van der Waals surface area (Å²) in [6.45, 7) is 5.69. The minimum absolute atomic E-state index is 0.108. The normalized spacial score (nSPS) is 12.8. The Bertz CT molecular complexity index is 735. The van der Waals surface area contributed by atoms with E-state index in [0.717, 1.165) is 0 Å². The average molecular weight is 357 g/mol. The van der Waals surface area contributed by atoms with Crippen molar-refractivity contribution in [2.24, 2.45) is 5.92 Å². The maximum atomic E-state index is 12.6. The zero-order valence-electron chi connectivity index (χ0n) is 12.0. The molecule has 0 saturated heterocycles. The first-order valence-electron chi connectivity index (χ1n) is 6.59. The van der Waals surface area contributed by atoms with Crippen molar-refractivity contribution >= 4 is 38.6 Å². The molecule has 0 spiro atoms. The molecule has 3 N–H and O–H groups in total. The van der Waals surface area contributed by atoms with Crippen LogP contribution in [-0.2, 0) is 9.53 Å². The fourth-order valence-electron chi connectivity index (χ4n) is 2.26. The second-order valence-corrected chi connectivity index (χ2v) is 5.84. The summed E-state index contributed by atoms with van der Waals surface area (Å²) in [5.74, 6) is -0.446. The highest BCUT2D eigenvalue weighted by molar-refractivity contribution is 9.10. The second-order valence-electron chi connectivity index (χ2n) is 4.99. The SMILES string of the molecule is CCOC(=O)C(C(C)C)n1cc(Br)c2[nH]nc(N)c2c1=O. The number of H-pyrrole nitrogens is 1. The molecule has 0 amide bonds. The number of ether oxygens (including phenoxy) is 1. The topological polar surface area (TPSA) is 103 Å². The molecule has 0 aliphatic carbocycles. The van der Waals surface area contributed by atoms with E-state index in [-0.39, 0.29) is 29.3 Å². The lowest BCUT2D eigenvalue weighted by atomic mass is 10.0. The molecule has 0 fully saturated rings. The number of nitrogen functional groups attached to an aromatic ring is 1. The summed E-state index contributed by atoms with van der Waals surface area (Å²) in [5, 5.41) is 6.80. The molecule has 0 aliphatic heterocycles. The highest BCUT2D eigenvalue weighted by atomic mass is 79.9. The number of halogens is 1. The Hall–Kier alpha value is -1.83. The third-order valence-electron chi connectivity index (χ3n) is 3.19. The van der Waals surface area contributed by atoms with Gasteiger partial charge in [-0.2, -0.15) is 5.10 Å². The van der Waals surface area contributed by atoms with E-state index >= 15 is 0 Å². The van der Waals surface area contributed by atoms with Crippen LogP contribution in [-0.4, -0.2) is 27.3 Å². The van der Waals surface area contributed by atoms with Gasteiger partial charge in [-0.15, -0.1) is 0 Å². The van der Waals surface area contributed by atoms with Crippen molar-refractivity contribution in [3.05, 3.63) is 21.0 Å². The lowest BCUT2D eigenvalue weighted by Crippen LogP contribution is -2.34. The van der Waals surface area contributed by atoms with Crippen molar-refractivity contribution in [3.63, 3.8) is 0 Å².